The van der Waals surface area contributed by atoms with Gasteiger partial charge in [-0.05, 0) is 30.9 Å². The molecule has 0 saturated heterocycles. The highest BCUT2D eigenvalue weighted by atomic mass is 32.2. The Labute approximate surface area is 141 Å². The monoisotopic (exact) mass is 345 g/mol. The number of carbonyl (C=O) groups excluding carboxylic acids is 1. The van der Waals surface area contributed by atoms with E-state index in [9.17, 15) is 13.2 Å². The highest BCUT2D eigenvalue weighted by molar-refractivity contribution is 7.93. The Bertz CT molecular complexity index is 930. The summed E-state index contributed by atoms with van der Waals surface area (Å²) in [4.78, 5) is 12.4. The number of amides is 1. The maximum atomic E-state index is 12.8. The Morgan fingerprint density at radius 3 is 2.62 bits per heavy atom. The zero-order valence-electron chi connectivity index (χ0n) is 13.6. The van der Waals surface area contributed by atoms with Gasteiger partial charge in [-0.25, -0.2) is 13.8 Å². The van der Waals surface area contributed by atoms with Crippen LogP contribution in [0.1, 0.15) is 26.7 Å². The summed E-state index contributed by atoms with van der Waals surface area (Å²) in [6.07, 6.45) is 1.72. The summed E-state index contributed by atoms with van der Waals surface area (Å²) in [7, 11) is -3.72. The summed E-state index contributed by atoms with van der Waals surface area (Å²) in [6, 6.07) is 10.5. The van der Waals surface area contributed by atoms with E-state index in [1.54, 1.807) is 24.3 Å². The Morgan fingerprint density at radius 1 is 1.21 bits per heavy atom. The van der Waals surface area contributed by atoms with Gasteiger partial charge in [0.15, 0.2) is 0 Å². The second kappa shape index (κ2) is 6.24. The first-order valence-electron chi connectivity index (χ1n) is 7.81. The van der Waals surface area contributed by atoms with Crippen molar-refractivity contribution in [3.63, 3.8) is 0 Å². The molecule has 0 fully saturated rings. The molecule has 126 valence electrons. The molecule has 1 N–H and O–H groups in total. The van der Waals surface area contributed by atoms with Crippen LogP contribution in [-0.4, -0.2) is 26.6 Å². The van der Waals surface area contributed by atoms with Gasteiger partial charge in [0.25, 0.3) is 15.9 Å². The van der Waals surface area contributed by atoms with Gasteiger partial charge in [-0.3, -0.25) is 9.10 Å². The number of carbonyl (C=O) groups is 1. The van der Waals surface area contributed by atoms with E-state index in [0.29, 0.717) is 11.1 Å². The molecule has 0 atom stereocenters. The van der Waals surface area contributed by atoms with Gasteiger partial charge in [0.05, 0.1) is 10.6 Å². The molecule has 1 aliphatic heterocycles. The van der Waals surface area contributed by atoms with E-state index in [-0.39, 0.29) is 11.4 Å². The lowest BCUT2D eigenvalue weighted by Gasteiger charge is -2.17. The first-order valence-corrected chi connectivity index (χ1v) is 9.25. The predicted octanol–water partition coefficient (Wildman–Crippen LogP) is 2.64. The SMILES string of the molecule is CCC/C(C)=N\NC(=O)CN1c2cccc3cccc(c23)S1(=O)=O. The van der Waals surface area contributed by atoms with Crippen LogP contribution in [0.3, 0.4) is 0 Å². The van der Waals surface area contributed by atoms with Crippen LogP contribution in [0.25, 0.3) is 10.8 Å². The van der Waals surface area contributed by atoms with Crippen LogP contribution in [0.15, 0.2) is 46.4 Å². The number of hydrogen-bond donors (Lipinski definition) is 1. The number of hydrogen-bond acceptors (Lipinski definition) is 4. The highest BCUT2D eigenvalue weighted by Gasteiger charge is 2.36. The summed E-state index contributed by atoms with van der Waals surface area (Å²) in [6.45, 7) is 3.56. The van der Waals surface area contributed by atoms with Crippen LogP contribution in [-0.2, 0) is 14.8 Å². The van der Waals surface area contributed by atoms with E-state index in [4.69, 9.17) is 0 Å². The van der Waals surface area contributed by atoms with E-state index in [0.717, 1.165) is 28.2 Å². The van der Waals surface area contributed by atoms with Gasteiger partial charge in [0.1, 0.15) is 6.54 Å². The topological polar surface area (TPSA) is 78.8 Å². The first-order chi connectivity index (χ1) is 11.4. The van der Waals surface area contributed by atoms with Crippen LogP contribution in [0.4, 0.5) is 5.69 Å². The van der Waals surface area contributed by atoms with Crippen molar-refractivity contribution in [3.05, 3.63) is 36.4 Å². The molecule has 0 unspecified atom stereocenters. The summed E-state index contributed by atoms with van der Waals surface area (Å²) >= 11 is 0. The molecule has 0 aliphatic carbocycles. The van der Waals surface area contributed by atoms with E-state index >= 15 is 0 Å². The maximum absolute atomic E-state index is 12.8. The smallest absolute Gasteiger partial charge is 0.265 e. The lowest BCUT2D eigenvalue weighted by Crippen LogP contribution is -2.37. The number of sulfonamides is 1. The largest absolute Gasteiger partial charge is 0.271 e. The average molecular weight is 345 g/mol. The zero-order chi connectivity index (χ0) is 17.3. The lowest BCUT2D eigenvalue weighted by molar-refractivity contribution is -0.119. The number of anilines is 1. The minimum atomic E-state index is -3.72. The van der Waals surface area contributed by atoms with E-state index in [2.05, 4.69) is 10.5 Å². The zero-order valence-corrected chi connectivity index (χ0v) is 14.4. The van der Waals surface area contributed by atoms with Crippen molar-refractivity contribution < 1.29 is 13.2 Å². The third-order valence-electron chi connectivity index (χ3n) is 3.95. The van der Waals surface area contributed by atoms with Crippen LogP contribution in [0.2, 0.25) is 0 Å². The molecule has 1 amide bonds. The normalized spacial score (nSPS) is 15.8. The molecule has 7 heteroatoms. The molecular formula is C17H19N3O3S. The number of nitrogens with one attached hydrogen (secondary N) is 1. The summed E-state index contributed by atoms with van der Waals surface area (Å²) in [5, 5.41) is 5.50. The number of nitrogens with zero attached hydrogens (tertiary/aromatic N) is 2. The average Bonchev–Trinajstić information content (AvgIpc) is 2.77. The quantitative estimate of drug-likeness (QED) is 0.668. The van der Waals surface area contributed by atoms with Gasteiger partial charge in [0.2, 0.25) is 0 Å². The number of hydrazone groups is 1. The first kappa shape index (κ1) is 16.4. The Balaban J connectivity index is 1.89. The van der Waals surface area contributed by atoms with Crippen molar-refractivity contribution in [1.82, 2.24) is 5.43 Å². The minimum Gasteiger partial charge on any atom is -0.271 e. The van der Waals surface area contributed by atoms with Crippen LogP contribution < -0.4 is 9.73 Å². The standard InChI is InChI=1S/C17H19N3O3S/c1-3-6-12(2)18-19-16(21)11-20-14-9-4-7-13-8-5-10-15(17(13)14)24(20,22)23/h4-5,7-10H,3,6,11H2,1-2H3,(H,19,21)/b18-12-. The molecule has 2 aromatic rings. The van der Waals surface area contributed by atoms with Gasteiger partial charge in [-0.2, -0.15) is 5.10 Å². The molecule has 0 spiro atoms. The second-order valence-corrected chi connectivity index (χ2v) is 7.61. The summed E-state index contributed by atoms with van der Waals surface area (Å²) in [5.74, 6) is -0.459. The Hall–Kier alpha value is -2.41. The number of rotatable bonds is 5. The molecule has 24 heavy (non-hydrogen) atoms. The molecule has 2 aromatic carbocycles. The fourth-order valence-electron chi connectivity index (χ4n) is 2.87. The van der Waals surface area contributed by atoms with Gasteiger partial charge >= 0.3 is 0 Å². The summed E-state index contributed by atoms with van der Waals surface area (Å²) in [5.41, 5.74) is 3.77. The fraction of sp³-hybridized carbons (Fsp3) is 0.294. The van der Waals surface area contributed by atoms with Crippen molar-refractivity contribution in [2.24, 2.45) is 5.10 Å². The Kier molecular flexibility index (Phi) is 4.28. The fourth-order valence-corrected chi connectivity index (χ4v) is 4.54. The molecule has 0 aromatic heterocycles. The van der Waals surface area contributed by atoms with Gasteiger partial charge < -0.3 is 0 Å². The molecule has 6 nitrogen and oxygen atoms in total. The van der Waals surface area contributed by atoms with E-state index in [1.165, 1.54) is 0 Å². The highest BCUT2D eigenvalue weighted by Crippen LogP contribution is 2.41. The molecule has 1 aliphatic rings. The van der Waals surface area contributed by atoms with Crippen LogP contribution in [0.5, 0.6) is 0 Å². The number of benzene rings is 2. The van der Waals surface area contributed by atoms with E-state index < -0.39 is 15.9 Å². The second-order valence-electron chi connectivity index (χ2n) is 5.78. The molecule has 1 heterocycles. The van der Waals surface area contributed by atoms with E-state index in [1.807, 2.05) is 26.0 Å². The van der Waals surface area contributed by atoms with Gasteiger partial charge in [-0.15, -0.1) is 0 Å². The molecule has 0 radical (unpaired) electrons. The van der Waals surface area contributed by atoms with Crippen molar-refractivity contribution in [2.75, 3.05) is 10.8 Å². The third kappa shape index (κ3) is 2.75. The van der Waals surface area contributed by atoms with Gasteiger partial charge in [0, 0.05) is 11.1 Å². The third-order valence-corrected chi connectivity index (χ3v) is 5.75. The molecule has 3 rings (SSSR count). The van der Waals surface area contributed by atoms with Gasteiger partial charge in [-0.1, -0.05) is 37.6 Å². The maximum Gasteiger partial charge on any atom is 0.265 e. The van der Waals surface area contributed by atoms with Crippen molar-refractivity contribution >= 4 is 38.1 Å². The molecule has 0 bridgehead atoms. The lowest BCUT2D eigenvalue weighted by atomic mass is 10.1. The van der Waals surface area contributed by atoms with Crippen molar-refractivity contribution in [2.45, 2.75) is 31.6 Å². The van der Waals surface area contributed by atoms with Crippen LogP contribution in [0, 0.1) is 0 Å². The predicted molar refractivity (Wildman–Crippen MR) is 94.6 cm³/mol. The van der Waals surface area contributed by atoms with Crippen LogP contribution >= 0.6 is 0 Å². The minimum absolute atomic E-state index is 0.245. The van der Waals surface area contributed by atoms with Crippen molar-refractivity contribution in [1.29, 1.82) is 0 Å². The van der Waals surface area contributed by atoms with Crippen molar-refractivity contribution in [3.8, 4) is 0 Å². The molecule has 0 saturated carbocycles. The Morgan fingerprint density at radius 2 is 1.92 bits per heavy atom. The summed E-state index contributed by atoms with van der Waals surface area (Å²) < 4.78 is 26.6. The molecular weight excluding hydrogens is 326 g/mol.